The molecule has 1 heterocycles. The summed E-state index contributed by atoms with van der Waals surface area (Å²) in [5, 5.41) is 13.7. The second-order valence-corrected chi connectivity index (χ2v) is 6.72. The maximum absolute atomic E-state index is 13.4. The van der Waals surface area contributed by atoms with Crippen molar-refractivity contribution >= 4 is 33.0 Å². The average molecular weight is 359 g/mol. The summed E-state index contributed by atoms with van der Waals surface area (Å²) in [6, 6.07) is 8.03. The van der Waals surface area contributed by atoms with Gasteiger partial charge in [0.2, 0.25) is 5.82 Å². The van der Waals surface area contributed by atoms with Crippen LogP contribution in [0.5, 0.6) is 0 Å². The largest absolute Gasteiger partial charge is 0.312 e. The van der Waals surface area contributed by atoms with Gasteiger partial charge in [0.05, 0.1) is 8.71 Å². The van der Waals surface area contributed by atoms with Crippen LogP contribution in [0.4, 0.5) is 10.1 Å². The lowest BCUT2D eigenvalue weighted by Gasteiger charge is -2.04. The number of nitro groups is 1. The summed E-state index contributed by atoms with van der Waals surface area (Å²) in [6.07, 6.45) is 0.895. The van der Waals surface area contributed by atoms with Crippen molar-refractivity contribution in [3.05, 3.63) is 60.5 Å². The van der Waals surface area contributed by atoms with Crippen LogP contribution < -0.4 is 5.32 Å². The van der Waals surface area contributed by atoms with Gasteiger partial charge < -0.3 is 5.32 Å². The normalized spacial score (nSPS) is 10.7. The lowest BCUT2D eigenvalue weighted by Crippen LogP contribution is -2.16. The van der Waals surface area contributed by atoms with Crippen molar-refractivity contribution in [2.75, 3.05) is 6.54 Å². The molecular weight excluding hydrogens is 347 g/mol. The number of hydrogen-bond donors (Lipinski definition) is 1. The van der Waals surface area contributed by atoms with Gasteiger partial charge in [0, 0.05) is 24.0 Å². The Labute approximate surface area is 127 Å². The summed E-state index contributed by atoms with van der Waals surface area (Å²) < 4.78 is 14.5. The van der Waals surface area contributed by atoms with Gasteiger partial charge >= 0.3 is 5.69 Å². The third-order valence-corrected chi connectivity index (χ3v) is 4.40. The van der Waals surface area contributed by atoms with Gasteiger partial charge in [0.1, 0.15) is 0 Å². The second-order valence-electron chi connectivity index (χ2n) is 4.18. The Morgan fingerprint density at radius 2 is 2.15 bits per heavy atom. The second kappa shape index (κ2) is 6.92. The van der Waals surface area contributed by atoms with Crippen LogP contribution in [0.1, 0.15) is 10.4 Å². The highest BCUT2D eigenvalue weighted by Gasteiger charge is 2.13. The van der Waals surface area contributed by atoms with Crippen LogP contribution in [-0.2, 0) is 13.0 Å². The van der Waals surface area contributed by atoms with E-state index in [0.717, 1.165) is 16.8 Å². The van der Waals surface area contributed by atoms with E-state index in [1.165, 1.54) is 17.0 Å². The van der Waals surface area contributed by atoms with Crippen LogP contribution in [0.15, 0.2) is 34.1 Å². The lowest BCUT2D eigenvalue weighted by atomic mass is 10.2. The predicted octanol–water partition coefficient (Wildman–Crippen LogP) is 3.89. The number of benzene rings is 1. The number of nitro benzene ring substituents is 1. The van der Waals surface area contributed by atoms with Crippen molar-refractivity contribution in [3.63, 3.8) is 0 Å². The zero-order valence-corrected chi connectivity index (χ0v) is 12.8. The zero-order chi connectivity index (χ0) is 14.5. The molecular formula is C13H12BrFN2O2S. The molecule has 0 saturated carbocycles. The summed E-state index contributed by atoms with van der Waals surface area (Å²) >= 11 is 5.09. The van der Waals surface area contributed by atoms with Crippen molar-refractivity contribution in [1.82, 2.24) is 5.32 Å². The highest BCUT2D eigenvalue weighted by atomic mass is 79.9. The minimum atomic E-state index is -0.795. The number of halogens is 2. The standard InChI is InChI=1S/C13H12BrFN2O2S/c14-13-4-2-10(20-13)5-6-16-8-9-1-3-12(17(18)19)11(15)7-9/h1-4,7,16H,5-6,8H2. The third-order valence-electron chi connectivity index (χ3n) is 2.71. The molecule has 0 bridgehead atoms. The van der Waals surface area contributed by atoms with Crippen molar-refractivity contribution in [2.24, 2.45) is 0 Å². The fourth-order valence-corrected chi connectivity index (χ4v) is 3.22. The predicted molar refractivity (Wildman–Crippen MR) is 80.5 cm³/mol. The molecule has 1 aromatic carbocycles. The first-order valence-electron chi connectivity index (χ1n) is 5.94. The van der Waals surface area contributed by atoms with Gasteiger partial charge in [-0.2, -0.15) is 4.39 Å². The first kappa shape index (κ1) is 15.1. The Morgan fingerprint density at radius 3 is 2.75 bits per heavy atom. The van der Waals surface area contributed by atoms with Crippen molar-refractivity contribution in [3.8, 4) is 0 Å². The molecule has 0 spiro atoms. The van der Waals surface area contributed by atoms with E-state index in [4.69, 9.17) is 0 Å². The number of nitrogens with zero attached hydrogens (tertiary/aromatic N) is 1. The monoisotopic (exact) mass is 358 g/mol. The maximum atomic E-state index is 13.4. The van der Waals surface area contributed by atoms with Crippen LogP contribution in [0.25, 0.3) is 0 Å². The first-order chi connectivity index (χ1) is 9.56. The van der Waals surface area contributed by atoms with E-state index in [-0.39, 0.29) is 0 Å². The highest BCUT2D eigenvalue weighted by Crippen LogP contribution is 2.22. The van der Waals surface area contributed by atoms with E-state index in [1.807, 2.05) is 6.07 Å². The van der Waals surface area contributed by atoms with Crippen LogP contribution in [-0.4, -0.2) is 11.5 Å². The summed E-state index contributed by atoms with van der Waals surface area (Å²) in [7, 11) is 0. The molecule has 106 valence electrons. The van der Waals surface area contributed by atoms with E-state index >= 15 is 0 Å². The van der Waals surface area contributed by atoms with E-state index in [1.54, 1.807) is 17.4 Å². The molecule has 0 aliphatic rings. The molecule has 20 heavy (non-hydrogen) atoms. The SMILES string of the molecule is O=[N+]([O-])c1ccc(CNCCc2ccc(Br)s2)cc1F. The molecule has 0 fully saturated rings. The highest BCUT2D eigenvalue weighted by molar-refractivity contribution is 9.11. The first-order valence-corrected chi connectivity index (χ1v) is 7.55. The van der Waals surface area contributed by atoms with Crippen molar-refractivity contribution in [1.29, 1.82) is 0 Å². The minimum absolute atomic E-state index is 0.488. The van der Waals surface area contributed by atoms with Gasteiger partial charge in [0.15, 0.2) is 0 Å². The molecule has 4 nitrogen and oxygen atoms in total. The van der Waals surface area contributed by atoms with E-state index in [9.17, 15) is 14.5 Å². The molecule has 0 aliphatic carbocycles. The fourth-order valence-electron chi connectivity index (χ4n) is 1.74. The van der Waals surface area contributed by atoms with Crippen molar-refractivity contribution in [2.45, 2.75) is 13.0 Å². The quantitative estimate of drug-likeness (QED) is 0.484. The van der Waals surface area contributed by atoms with Gasteiger partial charge in [-0.3, -0.25) is 10.1 Å². The van der Waals surface area contributed by atoms with Crippen LogP contribution >= 0.6 is 27.3 Å². The summed E-state index contributed by atoms with van der Waals surface area (Å²) in [4.78, 5) is 11.0. The third kappa shape index (κ3) is 4.09. The molecule has 2 aromatic rings. The molecule has 0 aliphatic heterocycles. The number of rotatable bonds is 6. The van der Waals surface area contributed by atoms with Crippen LogP contribution in [0, 0.1) is 15.9 Å². The average Bonchev–Trinajstić information content (AvgIpc) is 2.80. The van der Waals surface area contributed by atoms with Gasteiger partial charge in [0.25, 0.3) is 0 Å². The topological polar surface area (TPSA) is 55.2 Å². The molecule has 0 atom stereocenters. The van der Waals surface area contributed by atoms with Crippen LogP contribution in [0.3, 0.4) is 0 Å². The number of nitrogens with one attached hydrogen (secondary N) is 1. The van der Waals surface area contributed by atoms with Gasteiger partial charge in [-0.1, -0.05) is 6.07 Å². The smallest absolute Gasteiger partial charge is 0.304 e. The molecule has 7 heteroatoms. The van der Waals surface area contributed by atoms with Gasteiger partial charge in [-0.15, -0.1) is 11.3 Å². The molecule has 0 amide bonds. The van der Waals surface area contributed by atoms with Crippen molar-refractivity contribution < 1.29 is 9.31 Å². The fraction of sp³-hybridized carbons (Fsp3) is 0.231. The molecule has 0 saturated heterocycles. The summed E-state index contributed by atoms with van der Waals surface area (Å²) in [6.45, 7) is 1.26. The molecule has 0 unspecified atom stereocenters. The summed E-state index contributed by atoms with van der Waals surface area (Å²) in [5.41, 5.74) is 0.206. The Bertz CT molecular complexity index is 618. The minimum Gasteiger partial charge on any atom is -0.312 e. The molecule has 1 N–H and O–H groups in total. The Balaban J connectivity index is 1.82. The maximum Gasteiger partial charge on any atom is 0.304 e. The Kier molecular flexibility index (Phi) is 5.22. The van der Waals surface area contributed by atoms with Gasteiger partial charge in [-0.25, -0.2) is 0 Å². The van der Waals surface area contributed by atoms with Gasteiger partial charge in [-0.05, 0) is 46.1 Å². The lowest BCUT2D eigenvalue weighted by molar-refractivity contribution is -0.387. The zero-order valence-electron chi connectivity index (χ0n) is 10.4. The van der Waals surface area contributed by atoms with E-state index in [2.05, 4.69) is 27.3 Å². The van der Waals surface area contributed by atoms with E-state index in [0.29, 0.717) is 12.1 Å². The Morgan fingerprint density at radius 1 is 1.35 bits per heavy atom. The number of hydrogen-bond acceptors (Lipinski definition) is 4. The molecule has 1 aromatic heterocycles. The number of thiophene rings is 1. The summed E-state index contributed by atoms with van der Waals surface area (Å²) in [5.74, 6) is -0.795. The van der Waals surface area contributed by atoms with E-state index < -0.39 is 16.4 Å². The van der Waals surface area contributed by atoms with Crippen LogP contribution in [0.2, 0.25) is 0 Å². The Hall–Kier alpha value is -1.31. The molecule has 0 radical (unpaired) electrons. The molecule has 2 rings (SSSR count).